The second-order valence-corrected chi connectivity index (χ2v) is 6.21. The van der Waals surface area contributed by atoms with Crippen LogP contribution in [0, 0.1) is 0 Å². The number of methoxy groups -OCH3 is 1. The van der Waals surface area contributed by atoms with Crippen molar-refractivity contribution in [1.82, 2.24) is 0 Å². The van der Waals surface area contributed by atoms with Gasteiger partial charge in [-0.25, -0.2) is 0 Å². The molecule has 28 heavy (non-hydrogen) atoms. The quantitative estimate of drug-likeness (QED) is 0.540. The number of halogens is 1. The van der Waals surface area contributed by atoms with Crippen LogP contribution in [0.3, 0.4) is 0 Å². The third kappa shape index (κ3) is 5.18. The van der Waals surface area contributed by atoms with E-state index in [0.717, 1.165) is 0 Å². The fourth-order valence-electron chi connectivity index (χ4n) is 2.54. The average molecular weight is 398 g/mol. The normalized spacial score (nSPS) is 10.2. The third-order valence-corrected chi connectivity index (χ3v) is 4.22. The van der Waals surface area contributed by atoms with Crippen LogP contribution in [0.2, 0.25) is 5.02 Å². The Bertz CT molecular complexity index is 928. The summed E-state index contributed by atoms with van der Waals surface area (Å²) in [6.07, 6.45) is 0. The lowest BCUT2D eigenvalue weighted by atomic mass is 10.2. The van der Waals surface area contributed by atoms with Crippen molar-refractivity contribution < 1.29 is 19.0 Å². The summed E-state index contributed by atoms with van der Waals surface area (Å²) in [6, 6.07) is 21.5. The van der Waals surface area contributed by atoms with Gasteiger partial charge in [-0.1, -0.05) is 35.9 Å². The highest BCUT2D eigenvalue weighted by Gasteiger charge is 2.11. The van der Waals surface area contributed by atoms with Crippen molar-refractivity contribution in [3.8, 4) is 17.2 Å². The smallest absolute Gasteiger partial charge is 0.259 e. The Morgan fingerprint density at radius 2 is 1.50 bits per heavy atom. The molecule has 0 aliphatic carbocycles. The number of carbonyl (C=O) groups excluding carboxylic acids is 1. The molecule has 6 heteroatoms. The SMILES string of the molecule is COc1ccccc1C(=O)Nc1ccc(OCCOc2ccccc2Cl)cc1. The molecule has 0 aliphatic rings. The fraction of sp³-hybridized carbons (Fsp3) is 0.136. The molecular formula is C22H20ClNO4. The van der Waals surface area contributed by atoms with Crippen LogP contribution < -0.4 is 19.5 Å². The maximum atomic E-state index is 12.4. The third-order valence-electron chi connectivity index (χ3n) is 3.91. The first-order valence-electron chi connectivity index (χ1n) is 8.72. The van der Waals surface area contributed by atoms with Gasteiger partial charge in [-0.05, 0) is 48.5 Å². The number of carbonyl (C=O) groups is 1. The zero-order valence-corrected chi connectivity index (χ0v) is 16.1. The Kier molecular flexibility index (Phi) is 6.76. The summed E-state index contributed by atoms with van der Waals surface area (Å²) in [4.78, 5) is 12.4. The fourth-order valence-corrected chi connectivity index (χ4v) is 2.73. The first kappa shape index (κ1) is 19.6. The van der Waals surface area contributed by atoms with Crippen LogP contribution in [0.1, 0.15) is 10.4 Å². The first-order chi connectivity index (χ1) is 13.7. The second kappa shape index (κ2) is 9.67. The Morgan fingerprint density at radius 1 is 0.857 bits per heavy atom. The highest BCUT2D eigenvalue weighted by molar-refractivity contribution is 6.32. The van der Waals surface area contributed by atoms with Gasteiger partial charge in [-0.15, -0.1) is 0 Å². The van der Waals surface area contributed by atoms with Gasteiger partial charge in [0.2, 0.25) is 0 Å². The van der Waals surface area contributed by atoms with Crippen LogP contribution in [-0.2, 0) is 0 Å². The van der Waals surface area contributed by atoms with Gasteiger partial charge < -0.3 is 19.5 Å². The Morgan fingerprint density at radius 3 is 2.21 bits per heavy atom. The van der Waals surface area contributed by atoms with Gasteiger partial charge in [0.1, 0.15) is 30.5 Å². The summed E-state index contributed by atoms with van der Waals surface area (Å²) in [7, 11) is 1.54. The lowest BCUT2D eigenvalue weighted by Gasteiger charge is -2.11. The van der Waals surface area contributed by atoms with Gasteiger partial charge in [-0.3, -0.25) is 4.79 Å². The average Bonchev–Trinajstić information content (AvgIpc) is 2.73. The molecule has 0 fully saturated rings. The van der Waals surface area contributed by atoms with Crippen molar-refractivity contribution in [2.24, 2.45) is 0 Å². The van der Waals surface area contributed by atoms with Crippen LogP contribution in [0.4, 0.5) is 5.69 Å². The molecule has 0 aromatic heterocycles. The minimum Gasteiger partial charge on any atom is -0.496 e. The van der Waals surface area contributed by atoms with Crippen molar-refractivity contribution >= 4 is 23.2 Å². The lowest BCUT2D eigenvalue weighted by Crippen LogP contribution is -2.13. The molecule has 0 bridgehead atoms. The second-order valence-electron chi connectivity index (χ2n) is 5.81. The minimum atomic E-state index is -0.237. The Hall–Kier alpha value is -3.18. The molecule has 0 heterocycles. The van der Waals surface area contributed by atoms with Crippen LogP contribution in [0.15, 0.2) is 72.8 Å². The summed E-state index contributed by atoms with van der Waals surface area (Å²) in [5, 5.41) is 3.41. The van der Waals surface area contributed by atoms with Gasteiger partial charge >= 0.3 is 0 Å². The molecule has 5 nitrogen and oxygen atoms in total. The molecule has 0 radical (unpaired) electrons. The van der Waals surface area contributed by atoms with E-state index in [1.807, 2.05) is 24.3 Å². The van der Waals surface area contributed by atoms with Gasteiger partial charge in [0.15, 0.2) is 0 Å². The van der Waals surface area contributed by atoms with Gasteiger partial charge in [0.25, 0.3) is 5.91 Å². The molecule has 0 atom stereocenters. The van der Waals surface area contributed by atoms with E-state index in [1.54, 1.807) is 48.5 Å². The number of para-hydroxylation sites is 2. The highest BCUT2D eigenvalue weighted by atomic mass is 35.5. The number of ether oxygens (including phenoxy) is 3. The summed E-state index contributed by atoms with van der Waals surface area (Å²) < 4.78 is 16.4. The molecule has 3 aromatic carbocycles. The van der Waals surface area contributed by atoms with Crippen molar-refractivity contribution in [2.75, 3.05) is 25.6 Å². The van der Waals surface area contributed by atoms with Crippen LogP contribution in [0.25, 0.3) is 0 Å². The molecule has 1 N–H and O–H groups in total. The highest BCUT2D eigenvalue weighted by Crippen LogP contribution is 2.23. The predicted molar refractivity (Wildman–Crippen MR) is 110 cm³/mol. The standard InChI is InChI=1S/C22H20ClNO4/c1-26-20-8-4-2-6-18(20)22(25)24-16-10-12-17(13-11-16)27-14-15-28-21-9-5-3-7-19(21)23/h2-13H,14-15H2,1H3,(H,24,25). The van der Waals surface area contributed by atoms with Crippen LogP contribution >= 0.6 is 11.6 Å². The molecule has 0 spiro atoms. The van der Waals surface area contributed by atoms with Crippen molar-refractivity contribution in [1.29, 1.82) is 0 Å². The zero-order chi connectivity index (χ0) is 19.8. The topological polar surface area (TPSA) is 56.8 Å². The maximum absolute atomic E-state index is 12.4. The van der Waals surface area contributed by atoms with E-state index >= 15 is 0 Å². The molecule has 3 rings (SSSR count). The van der Waals surface area contributed by atoms with Crippen LogP contribution in [-0.4, -0.2) is 26.2 Å². The molecule has 0 unspecified atom stereocenters. The zero-order valence-electron chi connectivity index (χ0n) is 15.4. The van der Waals surface area contributed by atoms with E-state index in [2.05, 4.69) is 5.32 Å². The number of nitrogens with one attached hydrogen (secondary N) is 1. The molecular weight excluding hydrogens is 378 g/mol. The molecule has 0 saturated carbocycles. The van der Waals surface area contributed by atoms with Crippen LogP contribution in [0.5, 0.6) is 17.2 Å². The summed E-state index contributed by atoms with van der Waals surface area (Å²) in [5.74, 6) is 1.60. The molecule has 0 saturated heterocycles. The monoisotopic (exact) mass is 397 g/mol. The van der Waals surface area contributed by atoms with E-state index in [9.17, 15) is 4.79 Å². The summed E-state index contributed by atoms with van der Waals surface area (Å²) in [5.41, 5.74) is 1.14. The van der Waals surface area contributed by atoms with E-state index in [1.165, 1.54) is 7.11 Å². The van der Waals surface area contributed by atoms with Gasteiger partial charge in [0.05, 0.1) is 17.7 Å². The number of amides is 1. The Labute approximate surface area is 168 Å². The van der Waals surface area contributed by atoms with Crippen molar-refractivity contribution in [3.05, 3.63) is 83.4 Å². The number of anilines is 1. The molecule has 0 aliphatic heterocycles. The number of hydrogen-bond donors (Lipinski definition) is 1. The number of hydrogen-bond acceptors (Lipinski definition) is 4. The number of rotatable bonds is 8. The lowest BCUT2D eigenvalue weighted by molar-refractivity contribution is 0.102. The van der Waals surface area contributed by atoms with Gasteiger partial charge in [-0.2, -0.15) is 0 Å². The van der Waals surface area contributed by atoms with E-state index in [0.29, 0.717) is 46.7 Å². The van der Waals surface area contributed by atoms with E-state index in [-0.39, 0.29) is 5.91 Å². The molecule has 144 valence electrons. The maximum Gasteiger partial charge on any atom is 0.259 e. The van der Waals surface area contributed by atoms with E-state index in [4.69, 9.17) is 25.8 Å². The minimum absolute atomic E-state index is 0.237. The predicted octanol–water partition coefficient (Wildman–Crippen LogP) is 5.06. The van der Waals surface area contributed by atoms with E-state index < -0.39 is 0 Å². The Balaban J connectivity index is 1.49. The van der Waals surface area contributed by atoms with Crippen molar-refractivity contribution in [3.63, 3.8) is 0 Å². The van der Waals surface area contributed by atoms with Crippen molar-refractivity contribution in [2.45, 2.75) is 0 Å². The molecule has 3 aromatic rings. The molecule has 1 amide bonds. The largest absolute Gasteiger partial charge is 0.496 e. The summed E-state index contributed by atoms with van der Waals surface area (Å²) >= 11 is 6.03. The summed E-state index contributed by atoms with van der Waals surface area (Å²) in [6.45, 7) is 0.744. The first-order valence-corrected chi connectivity index (χ1v) is 9.10. The van der Waals surface area contributed by atoms with Gasteiger partial charge in [0, 0.05) is 5.69 Å². The number of benzene rings is 3.